The Kier molecular flexibility index (Phi) is 4.53. The van der Waals surface area contributed by atoms with E-state index in [2.05, 4.69) is 32.4 Å². The lowest BCUT2D eigenvalue weighted by Gasteiger charge is -2.08. The molecule has 0 saturated carbocycles. The number of hydrogen-bond acceptors (Lipinski definition) is 6. The highest BCUT2D eigenvalue weighted by Gasteiger charge is 2.18. The monoisotopic (exact) mass is 366 g/mol. The molecule has 0 aliphatic heterocycles. The number of carbonyl (C=O) groups is 1. The van der Waals surface area contributed by atoms with Gasteiger partial charge in [0.25, 0.3) is 0 Å². The number of H-pyrrole nitrogens is 1. The number of ether oxygens (including phenoxy) is 1. The summed E-state index contributed by atoms with van der Waals surface area (Å²) in [6, 6.07) is 8.24. The number of esters is 1. The minimum absolute atomic E-state index is 0.340. The molecule has 7 heteroatoms. The maximum Gasteiger partial charge on any atom is 0.339 e. The zero-order valence-electron chi connectivity index (χ0n) is 14.3. The largest absolute Gasteiger partial charge is 0.462 e. The van der Waals surface area contributed by atoms with Crippen molar-refractivity contribution in [3.05, 3.63) is 53.3 Å². The molecule has 1 aromatic carbocycles. The third-order valence-electron chi connectivity index (χ3n) is 4.23. The molecule has 0 bridgehead atoms. The van der Waals surface area contributed by atoms with Gasteiger partial charge < -0.3 is 15.0 Å². The number of rotatable bonds is 6. The van der Waals surface area contributed by atoms with Crippen LogP contribution in [0.25, 0.3) is 21.1 Å². The summed E-state index contributed by atoms with van der Waals surface area (Å²) in [6.45, 7) is 2.84. The van der Waals surface area contributed by atoms with Gasteiger partial charge in [-0.2, -0.15) is 0 Å². The number of anilines is 1. The Morgan fingerprint density at radius 2 is 2.19 bits per heavy atom. The van der Waals surface area contributed by atoms with Crippen LogP contribution in [0.2, 0.25) is 0 Å². The van der Waals surface area contributed by atoms with Crippen molar-refractivity contribution in [3.63, 3.8) is 0 Å². The standard InChI is InChI=1S/C19H18N4O2S/c1-2-25-19(24)14-10-26-18-16(14)17(22-11-23-18)20-8-7-12-9-21-15-6-4-3-5-13(12)15/h3-6,9-11,21H,2,7-8H2,1H3,(H,20,22,23). The van der Waals surface area contributed by atoms with Crippen LogP contribution < -0.4 is 5.32 Å². The number of nitrogens with one attached hydrogen (secondary N) is 2. The molecular formula is C19H18N4O2S. The second-order valence-corrected chi connectivity index (χ2v) is 6.67. The lowest BCUT2D eigenvalue weighted by Crippen LogP contribution is -2.09. The summed E-state index contributed by atoms with van der Waals surface area (Å²) in [6.07, 6.45) is 4.40. The molecule has 3 aromatic heterocycles. The maximum absolute atomic E-state index is 12.2. The van der Waals surface area contributed by atoms with E-state index in [9.17, 15) is 4.79 Å². The van der Waals surface area contributed by atoms with E-state index in [1.807, 2.05) is 18.3 Å². The lowest BCUT2D eigenvalue weighted by atomic mass is 10.1. The molecule has 3 heterocycles. The van der Waals surface area contributed by atoms with Crippen molar-refractivity contribution >= 4 is 44.2 Å². The van der Waals surface area contributed by atoms with E-state index >= 15 is 0 Å². The van der Waals surface area contributed by atoms with Gasteiger partial charge in [0.05, 0.1) is 17.6 Å². The van der Waals surface area contributed by atoms with Gasteiger partial charge in [-0.3, -0.25) is 0 Å². The van der Waals surface area contributed by atoms with Gasteiger partial charge in [-0.25, -0.2) is 14.8 Å². The van der Waals surface area contributed by atoms with Gasteiger partial charge in [0, 0.05) is 29.0 Å². The normalized spacial score (nSPS) is 11.1. The highest BCUT2D eigenvalue weighted by atomic mass is 32.1. The zero-order chi connectivity index (χ0) is 17.9. The Morgan fingerprint density at radius 3 is 3.08 bits per heavy atom. The van der Waals surface area contributed by atoms with Crippen molar-refractivity contribution in [2.24, 2.45) is 0 Å². The summed E-state index contributed by atoms with van der Waals surface area (Å²) >= 11 is 1.42. The molecule has 0 saturated heterocycles. The summed E-state index contributed by atoms with van der Waals surface area (Å²) in [5.41, 5.74) is 2.89. The van der Waals surface area contributed by atoms with Crippen molar-refractivity contribution in [1.29, 1.82) is 0 Å². The smallest absolute Gasteiger partial charge is 0.339 e. The van der Waals surface area contributed by atoms with E-state index in [4.69, 9.17) is 4.74 Å². The first-order valence-corrected chi connectivity index (χ1v) is 9.34. The molecule has 4 rings (SSSR count). The van der Waals surface area contributed by atoms with Crippen molar-refractivity contribution in [2.75, 3.05) is 18.5 Å². The van der Waals surface area contributed by atoms with Crippen LogP contribution in [0, 0.1) is 0 Å². The molecule has 0 aliphatic carbocycles. The number of thiophene rings is 1. The first kappa shape index (κ1) is 16.5. The average Bonchev–Trinajstić information content (AvgIpc) is 3.27. The second kappa shape index (κ2) is 7.13. The number of fused-ring (bicyclic) bond motifs is 2. The van der Waals surface area contributed by atoms with Gasteiger partial charge in [-0.1, -0.05) is 18.2 Å². The molecule has 0 spiro atoms. The van der Waals surface area contributed by atoms with Gasteiger partial charge in [-0.15, -0.1) is 11.3 Å². The van der Waals surface area contributed by atoms with Crippen molar-refractivity contribution in [3.8, 4) is 0 Å². The highest BCUT2D eigenvalue weighted by molar-refractivity contribution is 7.17. The average molecular weight is 366 g/mol. The molecule has 0 atom stereocenters. The lowest BCUT2D eigenvalue weighted by molar-refractivity contribution is 0.0529. The van der Waals surface area contributed by atoms with E-state index in [-0.39, 0.29) is 5.97 Å². The van der Waals surface area contributed by atoms with Crippen LogP contribution in [0.3, 0.4) is 0 Å². The van der Waals surface area contributed by atoms with E-state index in [1.54, 1.807) is 12.3 Å². The minimum atomic E-state index is -0.340. The molecule has 132 valence electrons. The van der Waals surface area contributed by atoms with Crippen molar-refractivity contribution in [2.45, 2.75) is 13.3 Å². The topological polar surface area (TPSA) is 79.9 Å². The summed E-state index contributed by atoms with van der Waals surface area (Å²) in [5, 5.41) is 7.09. The highest BCUT2D eigenvalue weighted by Crippen LogP contribution is 2.30. The zero-order valence-corrected chi connectivity index (χ0v) is 15.1. The number of para-hydroxylation sites is 1. The molecular weight excluding hydrogens is 348 g/mol. The quantitative estimate of drug-likeness (QED) is 0.504. The van der Waals surface area contributed by atoms with Crippen molar-refractivity contribution in [1.82, 2.24) is 15.0 Å². The third-order valence-corrected chi connectivity index (χ3v) is 5.11. The SMILES string of the molecule is CCOC(=O)c1csc2ncnc(NCCc3c[nH]c4ccccc34)c12. The Labute approximate surface area is 154 Å². The fraction of sp³-hybridized carbons (Fsp3) is 0.211. The Morgan fingerprint density at radius 1 is 1.31 bits per heavy atom. The van der Waals surface area contributed by atoms with Crippen LogP contribution in [0.15, 0.2) is 42.2 Å². The molecule has 4 aromatic rings. The number of carbonyl (C=O) groups excluding carboxylic acids is 1. The van der Waals surface area contributed by atoms with E-state index in [0.717, 1.165) is 22.2 Å². The van der Waals surface area contributed by atoms with E-state index in [0.29, 0.717) is 24.5 Å². The summed E-state index contributed by atoms with van der Waals surface area (Å²) < 4.78 is 5.14. The number of aromatic amines is 1. The predicted molar refractivity (Wildman–Crippen MR) is 104 cm³/mol. The summed E-state index contributed by atoms with van der Waals surface area (Å²) in [4.78, 5) is 24.8. The number of benzene rings is 1. The third kappa shape index (κ3) is 3.01. The predicted octanol–water partition coefficient (Wildman–Crippen LogP) is 4.00. The Balaban J connectivity index is 1.55. The van der Waals surface area contributed by atoms with Crippen LogP contribution in [0.1, 0.15) is 22.8 Å². The number of aromatic nitrogens is 3. The van der Waals surface area contributed by atoms with E-state index < -0.39 is 0 Å². The van der Waals surface area contributed by atoms with Gasteiger partial charge in [0.1, 0.15) is 17.0 Å². The van der Waals surface area contributed by atoms with Gasteiger partial charge in [0.2, 0.25) is 0 Å². The van der Waals surface area contributed by atoms with Crippen LogP contribution in [0.4, 0.5) is 5.82 Å². The Bertz CT molecular complexity index is 1070. The number of nitrogens with zero attached hydrogens (tertiary/aromatic N) is 2. The molecule has 0 fully saturated rings. The minimum Gasteiger partial charge on any atom is -0.462 e. The summed E-state index contributed by atoms with van der Waals surface area (Å²) in [5.74, 6) is 0.326. The molecule has 0 unspecified atom stereocenters. The maximum atomic E-state index is 12.2. The molecule has 0 radical (unpaired) electrons. The van der Waals surface area contributed by atoms with Gasteiger partial charge in [0.15, 0.2) is 0 Å². The van der Waals surface area contributed by atoms with Crippen LogP contribution in [0.5, 0.6) is 0 Å². The Hall–Kier alpha value is -2.93. The van der Waals surface area contributed by atoms with Crippen LogP contribution >= 0.6 is 11.3 Å². The summed E-state index contributed by atoms with van der Waals surface area (Å²) in [7, 11) is 0. The molecule has 2 N–H and O–H groups in total. The second-order valence-electron chi connectivity index (χ2n) is 5.81. The number of hydrogen-bond donors (Lipinski definition) is 2. The van der Waals surface area contributed by atoms with Gasteiger partial charge in [-0.05, 0) is 25.0 Å². The first-order valence-electron chi connectivity index (χ1n) is 8.46. The molecule has 26 heavy (non-hydrogen) atoms. The van der Waals surface area contributed by atoms with Crippen molar-refractivity contribution < 1.29 is 9.53 Å². The first-order chi connectivity index (χ1) is 12.8. The molecule has 6 nitrogen and oxygen atoms in total. The van der Waals surface area contributed by atoms with E-state index in [1.165, 1.54) is 28.6 Å². The van der Waals surface area contributed by atoms with Crippen LogP contribution in [-0.2, 0) is 11.2 Å². The fourth-order valence-electron chi connectivity index (χ4n) is 3.02. The van der Waals surface area contributed by atoms with Crippen LogP contribution in [-0.4, -0.2) is 34.1 Å². The van der Waals surface area contributed by atoms with Gasteiger partial charge >= 0.3 is 5.97 Å². The molecule has 0 aliphatic rings. The fourth-order valence-corrected chi connectivity index (χ4v) is 3.90. The molecule has 0 amide bonds.